The van der Waals surface area contributed by atoms with Crippen LogP contribution in [0.1, 0.15) is 23.4 Å². The molecule has 0 saturated carbocycles. The van der Waals surface area contributed by atoms with Crippen LogP contribution in [-0.2, 0) is 17.8 Å². The molecule has 2 aliphatic heterocycles. The van der Waals surface area contributed by atoms with E-state index in [0.29, 0.717) is 0 Å². The smallest absolute Gasteiger partial charge is 0.243 e. The highest BCUT2D eigenvalue weighted by Gasteiger charge is 2.24. The van der Waals surface area contributed by atoms with Crippen LogP contribution in [0.2, 0.25) is 0 Å². The molecule has 0 aliphatic carbocycles. The zero-order chi connectivity index (χ0) is 12.5. The SMILES string of the molecule is CN1CCc2nc(NC(=O)C3CCCN3)sc2C1. The number of amides is 1. The molecule has 0 bridgehead atoms. The maximum Gasteiger partial charge on any atom is 0.243 e. The van der Waals surface area contributed by atoms with Gasteiger partial charge in [-0.1, -0.05) is 0 Å². The lowest BCUT2D eigenvalue weighted by molar-refractivity contribution is -0.117. The maximum absolute atomic E-state index is 12.0. The largest absolute Gasteiger partial charge is 0.306 e. The van der Waals surface area contributed by atoms with Crippen LogP contribution in [0.5, 0.6) is 0 Å². The fraction of sp³-hybridized carbons (Fsp3) is 0.667. The number of nitrogens with one attached hydrogen (secondary N) is 2. The number of hydrogen-bond donors (Lipinski definition) is 2. The van der Waals surface area contributed by atoms with Crippen molar-refractivity contribution in [3.05, 3.63) is 10.6 Å². The number of carbonyl (C=O) groups excluding carboxylic acids is 1. The third-order valence-corrected chi connectivity index (χ3v) is 4.53. The van der Waals surface area contributed by atoms with Crippen LogP contribution in [-0.4, -0.2) is 42.0 Å². The molecule has 6 heteroatoms. The van der Waals surface area contributed by atoms with Crippen molar-refractivity contribution in [3.8, 4) is 0 Å². The summed E-state index contributed by atoms with van der Waals surface area (Å²) in [4.78, 5) is 20.1. The van der Waals surface area contributed by atoms with Crippen LogP contribution >= 0.6 is 11.3 Å². The van der Waals surface area contributed by atoms with E-state index in [1.54, 1.807) is 11.3 Å². The lowest BCUT2D eigenvalue weighted by Gasteiger charge is -2.20. The summed E-state index contributed by atoms with van der Waals surface area (Å²) in [7, 11) is 2.11. The van der Waals surface area contributed by atoms with Crippen LogP contribution < -0.4 is 10.6 Å². The minimum Gasteiger partial charge on any atom is -0.306 e. The summed E-state index contributed by atoms with van der Waals surface area (Å²) in [5, 5.41) is 6.90. The first-order valence-electron chi connectivity index (χ1n) is 6.44. The molecule has 1 aromatic heterocycles. The molecule has 3 heterocycles. The van der Waals surface area contributed by atoms with Crippen molar-refractivity contribution in [3.63, 3.8) is 0 Å². The zero-order valence-electron chi connectivity index (χ0n) is 10.5. The Morgan fingerprint density at radius 1 is 1.61 bits per heavy atom. The standard InChI is InChI=1S/C12H18N4OS/c1-16-6-4-8-10(7-16)18-12(14-8)15-11(17)9-3-2-5-13-9/h9,13H,2-7H2,1H3,(H,14,15,17). The number of rotatable bonds is 2. The number of aromatic nitrogens is 1. The summed E-state index contributed by atoms with van der Waals surface area (Å²) in [6.07, 6.45) is 3.00. The molecule has 3 rings (SSSR count). The molecular formula is C12H18N4OS. The van der Waals surface area contributed by atoms with Crippen molar-refractivity contribution in [1.82, 2.24) is 15.2 Å². The fourth-order valence-electron chi connectivity index (χ4n) is 2.48. The number of thiazole rings is 1. The van der Waals surface area contributed by atoms with Crippen LogP contribution in [0, 0.1) is 0 Å². The van der Waals surface area contributed by atoms with E-state index in [0.717, 1.165) is 49.7 Å². The lowest BCUT2D eigenvalue weighted by atomic mass is 10.2. The molecule has 1 amide bonds. The van der Waals surface area contributed by atoms with Gasteiger partial charge in [0.15, 0.2) is 5.13 Å². The van der Waals surface area contributed by atoms with Crippen molar-refractivity contribution >= 4 is 22.4 Å². The highest BCUT2D eigenvalue weighted by Crippen LogP contribution is 2.27. The van der Waals surface area contributed by atoms with Crippen LogP contribution in [0.25, 0.3) is 0 Å². The summed E-state index contributed by atoms with van der Waals surface area (Å²) in [6.45, 7) is 2.94. The zero-order valence-corrected chi connectivity index (χ0v) is 11.3. The van der Waals surface area contributed by atoms with Gasteiger partial charge in [0.25, 0.3) is 0 Å². The second kappa shape index (κ2) is 4.95. The topological polar surface area (TPSA) is 57.3 Å². The molecule has 0 aromatic carbocycles. The Bertz CT molecular complexity index is 453. The van der Waals surface area contributed by atoms with Gasteiger partial charge in [-0.2, -0.15) is 0 Å². The first-order chi connectivity index (χ1) is 8.72. The number of nitrogens with zero attached hydrogens (tertiary/aromatic N) is 2. The molecule has 1 saturated heterocycles. The molecule has 98 valence electrons. The molecule has 0 radical (unpaired) electrons. The average Bonchev–Trinajstić information content (AvgIpc) is 2.95. The van der Waals surface area contributed by atoms with Gasteiger partial charge in [-0.3, -0.25) is 4.79 Å². The van der Waals surface area contributed by atoms with E-state index in [9.17, 15) is 4.79 Å². The van der Waals surface area contributed by atoms with Gasteiger partial charge in [-0.25, -0.2) is 4.98 Å². The van der Waals surface area contributed by atoms with Crippen LogP contribution in [0.3, 0.4) is 0 Å². The first kappa shape index (κ1) is 12.1. The summed E-state index contributed by atoms with van der Waals surface area (Å²) >= 11 is 1.61. The van der Waals surface area contributed by atoms with Gasteiger partial charge >= 0.3 is 0 Å². The molecule has 5 nitrogen and oxygen atoms in total. The molecule has 1 fully saturated rings. The van der Waals surface area contributed by atoms with E-state index in [1.165, 1.54) is 4.88 Å². The van der Waals surface area contributed by atoms with E-state index < -0.39 is 0 Å². The summed E-state index contributed by atoms with van der Waals surface area (Å²) < 4.78 is 0. The van der Waals surface area contributed by atoms with Crippen molar-refractivity contribution in [2.75, 3.05) is 25.5 Å². The van der Waals surface area contributed by atoms with Gasteiger partial charge in [0, 0.05) is 24.4 Å². The van der Waals surface area contributed by atoms with Crippen LogP contribution in [0.15, 0.2) is 0 Å². The summed E-state index contributed by atoms with van der Waals surface area (Å²) in [6, 6.07) is -0.0337. The Balaban J connectivity index is 1.68. The molecule has 1 atom stereocenters. The Kier molecular flexibility index (Phi) is 3.32. The summed E-state index contributed by atoms with van der Waals surface area (Å²) in [5.74, 6) is 0.0620. The number of anilines is 1. The minimum absolute atomic E-state index is 0.0337. The number of hydrogen-bond acceptors (Lipinski definition) is 5. The Labute approximate surface area is 111 Å². The predicted molar refractivity (Wildman–Crippen MR) is 71.8 cm³/mol. The van der Waals surface area contributed by atoms with E-state index in [-0.39, 0.29) is 11.9 Å². The van der Waals surface area contributed by atoms with E-state index >= 15 is 0 Å². The number of likely N-dealkylation sites (N-methyl/N-ethyl adjacent to an activating group) is 1. The molecule has 1 unspecified atom stereocenters. The minimum atomic E-state index is -0.0337. The Morgan fingerprint density at radius 3 is 3.28 bits per heavy atom. The quantitative estimate of drug-likeness (QED) is 0.832. The highest BCUT2D eigenvalue weighted by atomic mass is 32.1. The Hall–Kier alpha value is -0.980. The molecule has 0 spiro atoms. The fourth-order valence-corrected chi connectivity index (χ4v) is 3.57. The second-order valence-electron chi connectivity index (χ2n) is 5.01. The van der Waals surface area contributed by atoms with Gasteiger partial charge in [0.2, 0.25) is 5.91 Å². The average molecular weight is 266 g/mol. The van der Waals surface area contributed by atoms with E-state index in [4.69, 9.17) is 0 Å². The number of carbonyl (C=O) groups is 1. The lowest BCUT2D eigenvalue weighted by Crippen LogP contribution is -2.35. The van der Waals surface area contributed by atoms with Gasteiger partial charge in [-0.05, 0) is 26.4 Å². The molecular weight excluding hydrogens is 248 g/mol. The number of fused-ring (bicyclic) bond motifs is 1. The van der Waals surface area contributed by atoms with E-state index in [2.05, 4.69) is 27.6 Å². The first-order valence-corrected chi connectivity index (χ1v) is 7.25. The van der Waals surface area contributed by atoms with Gasteiger partial charge in [0.1, 0.15) is 0 Å². The second-order valence-corrected chi connectivity index (χ2v) is 6.10. The maximum atomic E-state index is 12.0. The summed E-state index contributed by atoms with van der Waals surface area (Å²) in [5.41, 5.74) is 1.16. The van der Waals surface area contributed by atoms with Crippen LogP contribution in [0.4, 0.5) is 5.13 Å². The van der Waals surface area contributed by atoms with Crippen molar-refractivity contribution < 1.29 is 4.79 Å². The van der Waals surface area contributed by atoms with Gasteiger partial charge in [0.05, 0.1) is 11.7 Å². The van der Waals surface area contributed by atoms with Gasteiger partial charge in [-0.15, -0.1) is 11.3 Å². The Morgan fingerprint density at radius 2 is 2.50 bits per heavy atom. The van der Waals surface area contributed by atoms with Crippen molar-refractivity contribution in [2.45, 2.75) is 31.8 Å². The third kappa shape index (κ3) is 2.41. The predicted octanol–water partition coefficient (Wildman–Crippen LogP) is 0.821. The molecule has 18 heavy (non-hydrogen) atoms. The van der Waals surface area contributed by atoms with Gasteiger partial charge < -0.3 is 15.5 Å². The monoisotopic (exact) mass is 266 g/mol. The normalized spacial score (nSPS) is 23.9. The molecule has 1 aromatic rings. The van der Waals surface area contributed by atoms with E-state index in [1.807, 2.05) is 0 Å². The highest BCUT2D eigenvalue weighted by molar-refractivity contribution is 7.15. The van der Waals surface area contributed by atoms with Crippen molar-refractivity contribution in [1.29, 1.82) is 0 Å². The molecule has 2 aliphatic rings. The third-order valence-electron chi connectivity index (χ3n) is 3.53. The molecule has 2 N–H and O–H groups in total. The van der Waals surface area contributed by atoms with Crippen molar-refractivity contribution in [2.24, 2.45) is 0 Å².